The molecule has 0 amide bonds. The molecule has 2 aromatic rings. The van der Waals surface area contributed by atoms with Crippen LogP contribution in [0.25, 0.3) is 0 Å². The topological polar surface area (TPSA) is 54.4 Å². The summed E-state index contributed by atoms with van der Waals surface area (Å²) in [5.41, 5.74) is 1.05. The maximum atomic E-state index is 8.71. The van der Waals surface area contributed by atoms with Crippen molar-refractivity contribution >= 4 is 17.0 Å². The molecule has 0 aliphatic heterocycles. The second kappa shape index (κ2) is 8.00. The Balaban J connectivity index is 1.83. The molecule has 0 fully saturated rings. The zero-order valence-corrected chi connectivity index (χ0v) is 13.3. The summed E-state index contributed by atoms with van der Waals surface area (Å²) in [5.74, 6) is 1.41. The first kappa shape index (κ1) is 15.8. The van der Waals surface area contributed by atoms with E-state index in [9.17, 15) is 0 Å². The molecular formula is C16H22N2O2S. The van der Waals surface area contributed by atoms with Gasteiger partial charge in [0, 0.05) is 23.2 Å². The Kier molecular flexibility index (Phi) is 6.02. The van der Waals surface area contributed by atoms with E-state index in [-0.39, 0.29) is 6.61 Å². The molecule has 0 spiro atoms. The van der Waals surface area contributed by atoms with Crippen molar-refractivity contribution in [2.24, 2.45) is 5.92 Å². The Hall–Kier alpha value is -1.59. The SMILES string of the molecule is CC(C)Cc1ncc(CNc2ccc(OCCO)cc2)s1. The summed E-state index contributed by atoms with van der Waals surface area (Å²) in [6, 6.07) is 7.75. The van der Waals surface area contributed by atoms with Gasteiger partial charge in [0.05, 0.1) is 18.2 Å². The summed E-state index contributed by atoms with van der Waals surface area (Å²) in [7, 11) is 0. The normalized spacial score (nSPS) is 10.9. The van der Waals surface area contributed by atoms with E-state index >= 15 is 0 Å². The van der Waals surface area contributed by atoms with Gasteiger partial charge in [-0.1, -0.05) is 13.8 Å². The van der Waals surface area contributed by atoms with Gasteiger partial charge in [0.15, 0.2) is 0 Å². The van der Waals surface area contributed by atoms with Crippen LogP contribution in [-0.4, -0.2) is 23.3 Å². The van der Waals surface area contributed by atoms with Crippen LogP contribution in [0.3, 0.4) is 0 Å². The summed E-state index contributed by atoms with van der Waals surface area (Å²) >= 11 is 1.77. The molecule has 0 aliphatic carbocycles. The summed E-state index contributed by atoms with van der Waals surface area (Å²) in [6.45, 7) is 5.56. The molecule has 2 N–H and O–H groups in total. The van der Waals surface area contributed by atoms with Crippen molar-refractivity contribution in [2.75, 3.05) is 18.5 Å². The summed E-state index contributed by atoms with van der Waals surface area (Å²) in [6.07, 6.45) is 3.00. The highest BCUT2D eigenvalue weighted by atomic mass is 32.1. The molecule has 1 heterocycles. The number of benzene rings is 1. The fourth-order valence-electron chi connectivity index (χ4n) is 1.90. The number of thiazole rings is 1. The molecular weight excluding hydrogens is 284 g/mol. The highest BCUT2D eigenvalue weighted by molar-refractivity contribution is 7.11. The largest absolute Gasteiger partial charge is 0.491 e. The molecule has 0 saturated carbocycles. The first-order valence-electron chi connectivity index (χ1n) is 7.18. The number of rotatable bonds is 8. The Bertz CT molecular complexity index is 537. The van der Waals surface area contributed by atoms with Crippen molar-refractivity contribution in [1.29, 1.82) is 0 Å². The lowest BCUT2D eigenvalue weighted by atomic mass is 10.1. The van der Waals surface area contributed by atoms with E-state index in [1.54, 1.807) is 11.3 Å². The lowest BCUT2D eigenvalue weighted by Gasteiger charge is -2.07. The van der Waals surface area contributed by atoms with Crippen molar-refractivity contribution in [3.8, 4) is 5.75 Å². The number of aliphatic hydroxyl groups excluding tert-OH is 1. The number of aliphatic hydroxyl groups is 1. The van der Waals surface area contributed by atoms with E-state index < -0.39 is 0 Å². The molecule has 0 bridgehead atoms. The lowest BCUT2D eigenvalue weighted by molar-refractivity contribution is 0.201. The summed E-state index contributed by atoms with van der Waals surface area (Å²) in [4.78, 5) is 5.69. The zero-order valence-electron chi connectivity index (χ0n) is 12.5. The van der Waals surface area contributed by atoms with E-state index in [0.29, 0.717) is 12.5 Å². The van der Waals surface area contributed by atoms with E-state index in [1.165, 1.54) is 9.88 Å². The zero-order chi connectivity index (χ0) is 15.1. The Morgan fingerprint density at radius 1 is 1.29 bits per heavy atom. The van der Waals surface area contributed by atoms with Crippen LogP contribution >= 0.6 is 11.3 Å². The van der Waals surface area contributed by atoms with Crippen molar-refractivity contribution in [3.63, 3.8) is 0 Å². The second-order valence-corrected chi connectivity index (χ2v) is 6.47. The smallest absolute Gasteiger partial charge is 0.119 e. The molecule has 0 unspecified atom stereocenters. The van der Waals surface area contributed by atoms with Gasteiger partial charge < -0.3 is 15.2 Å². The number of ether oxygens (including phenoxy) is 1. The van der Waals surface area contributed by atoms with Crippen LogP contribution in [0.1, 0.15) is 23.7 Å². The molecule has 0 radical (unpaired) electrons. The molecule has 0 saturated heterocycles. The molecule has 4 nitrogen and oxygen atoms in total. The fourth-order valence-corrected chi connectivity index (χ4v) is 2.97. The van der Waals surface area contributed by atoms with Crippen molar-refractivity contribution in [2.45, 2.75) is 26.8 Å². The van der Waals surface area contributed by atoms with Gasteiger partial charge in [-0.05, 0) is 30.2 Å². The van der Waals surface area contributed by atoms with E-state index in [2.05, 4.69) is 24.1 Å². The number of nitrogens with one attached hydrogen (secondary N) is 1. The quantitative estimate of drug-likeness (QED) is 0.785. The maximum absolute atomic E-state index is 8.71. The third-order valence-electron chi connectivity index (χ3n) is 2.87. The number of aromatic nitrogens is 1. The van der Waals surface area contributed by atoms with Gasteiger partial charge in [0.25, 0.3) is 0 Å². The standard InChI is InChI=1S/C16H22N2O2S/c1-12(2)9-16-18-11-15(21-16)10-17-13-3-5-14(6-4-13)20-8-7-19/h3-6,11-12,17,19H,7-10H2,1-2H3. The minimum atomic E-state index is 0.0318. The number of hydrogen-bond acceptors (Lipinski definition) is 5. The summed E-state index contributed by atoms with van der Waals surface area (Å²) < 4.78 is 5.33. The monoisotopic (exact) mass is 306 g/mol. The van der Waals surface area contributed by atoms with Gasteiger partial charge in [-0.3, -0.25) is 0 Å². The Morgan fingerprint density at radius 3 is 2.71 bits per heavy atom. The molecule has 5 heteroatoms. The average Bonchev–Trinajstić information content (AvgIpc) is 2.91. The van der Waals surface area contributed by atoms with E-state index in [0.717, 1.165) is 24.4 Å². The molecule has 0 aliphatic rings. The van der Waals surface area contributed by atoms with Crippen LogP contribution in [0.2, 0.25) is 0 Å². The molecule has 0 atom stereocenters. The third-order valence-corrected chi connectivity index (χ3v) is 3.89. The van der Waals surface area contributed by atoms with Crippen molar-refractivity contribution in [3.05, 3.63) is 40.3 Å². The van der Waals surface area contributed by atoms with Crippen LogP contribution in [0.15, 0.2) is 30.5 Å². The fraction of sp³-hybridized carbons (Fsp3) is 0.438. The van der Waals surface area contributed by atoms with E-state index in [4.69, 9.17) is 9.84 Å². The van der Waals surface area contributed by atoms with Crippen LogP contribution in [0, 0.1) is 5.92 Å². The van der Waals surface area contributed by atoms with Gasteiger partial charge in [-0.2, -0.15) is 0 Å². The predicted octanol–water partition coefficient (Wildman–Crippen LogP) is 3.32. The molecule has 1 aromatic carbocycles. The number of anilines is 1. The highest BCUT2D eigenvalue weighted by Crippen LogP contribution is 2.19. The maximum Gasteiger partial charge on any atom is 0.119 e. The minimum absolute atomic E-state index is 0.0318. The average molecular weight is 306 g/mol. The first-order chi connectivity index (χ1) is 10.2. The molecule has 21 heavy (non-hydrogen) atoms. The van der Waals surface area contributed by atoms with Crippen molar-refractivity contribution in [1.82, 2.24) is 4.98 Å². The first-order valence-corrected chi connectivity index (χ1v) is 8.00. The van der Waals surface area contributed by atoms with Gasteiger partial charge in [-0.15, -0.1) is 11.3 Å². The molecule has 114 valence electrons. The van der Waals surface area contributed by atoms with Gasteiger partial charge in [0.1, 0.15) is 12.4 Å². The van der Waals surface area contributed by atoms with Gasteiger partial charge >= 0.3 is 0 Å². The lowest BCUT2D eigenvalue weighted by Crippen LogP contribution is -2.02. The van der Waals surface area contributed by atoms with Crippen LogP contribution < -0.4 is 10.1 Å². The van der Waals surface area contributed by atoms with Gasteiger partial charge in [0.2, 0.25) is 0 Å². The summed E-state index contributed by atoms with van der Waals surface area (Å²) in [5, 5.41) is 13.3. The Morgan fingerprint density at radius 2 is 2.05 bits per heavy atom. The third kappa shape index (κ3) is 5.36. The van der Waals surface area contributed by atoms with E-state index in [1.807, 2.05) is 30.5 Å². The van der Waals surface area contributed by atoms with Gasteiger partial charge in [-0.25, -0.2) is 4.98 Å². The van der Waals surface area contributed by atoms with Crippen LogP contribution in [0.5, 0.6) is 5.75 Å². The Labute approximate surface area is 129 Å². The van der Waals surface area contributed by atoms with Crippen LogP contribution in [-0.2, 0) is 13.0 Å². The minimum Gasteiger partial charge on any atom is -0.491 e. The van der Waals surface area contributed by atoms with Crippen LogP contribution in [0.4, 0.5) is 5.69 Å². The molecule has 1 aromatic heterocycles. The number of hydrogen-bond donors (Lipinski definition) is 2. The van der Waals surface area contributed by atoms with Crippen molar-refractivity contribution < 1.29 is 9.84 Å². The highest BCUT2D eigenvalue weighted by Gasteiger charge is 2.04. The predicted molar refractivity (Wildman–Crippen MR) is 87.0 cm³/mol. The molecule has 2 rings (SSSR count). The number of nitrogens with zero attached hydrogens (tertiary/aromatic N) is 1. The second-order valence-electron chi connectivity index (χ2n) is 5.27.